The van der Waals surface area contributed by atoms with Crippen molar-refractivity contribution in [2.75, 3.05) is 17.2 Å². The number of oxime groups is 1. The minimum absolute atomic E-state index is 0.148. The zero-order valence-electron chi connectivity index (χ0n) is 24.9. The van der Waals surface area contributed by atoms with Crippen LogP contribution in [-0.2, 0) is 35.9 Å². The average Bonchev–Trinajstić information content (AvgIpc) is 3.65. The second-order valence-corrected chi connectivity index (χ2v) is 11.8. The Bertz CT molecular complexity index is 1900. The molecule has 2 aliphatic heterocycles. The van der Waals surface area contributed by atoms with Crippen LogP contribution in [0.3, 0.4) is 0 Å². The van der Waals surface area contributed by atoms with E-state index >= 15 is 0 Å². The smallest absolute Gasteiger partial charge is 0.365 e. The quantitative estimate of drug-likeness (QED) is 0.0441. The van der Waals surface area contributed by atoms with Gasteiger partial charge in [-0.3, -0.25) is 24.1 Å². The first-order chi connectivity index (χ1) is 22.8. The maximum atomic E-state index is 13.4. The number of nitrogen functional groups attached to an aromatic ring is 1. The molecule has 0 bridgehead atoms. The number of carbonyl (C=O) groups is 6. The molecule has 5 rings (SSSR count). The van der Waals surface area contributed by atoms with Crippen LogP contribution < -0.4 is 20.5 Å². The molecule has 20 nitrogen and oxygen atoms in total. The molecule has 4 N–H and O–H groups in total. The Balaban J connectivity index is 1.33. The van der Waals surface area contributed by atoms with Gasteiger partial charge in [0.25, 0.3) is 17.8 Å². The lowest BCUT2D eigenvalue weighted by molar-refractivity contribution is -0.150. The third kappa shape index (κ3) is 7.12. The minimum atomic E-state index is -1.32. The molecule has 1 aromatic carbocycles. The number of aromatic nitrogens is 5. The number of benzene rings is 1. The van der Waals surface area contributed by atoms with Crippen LogP contribution in [-0.4, -0.2) is 99.5 Å². The number of carboxylic acids is 1. The molecule has 22 heteroatoms. The van der Waals surface area contributed by atoms with Crippen LogP contribution in [0.4, 0.5) is 6.01 Å². The van der Waals surface area contributed by atoms with Crippen molar-refractivity contribution in [2.24, 2.45) is 12.2 Å². The van der Waals surface area contributed by atoms with Crippen LogP contribution >= 0.6 is 23.5 Å². The second-order valence-electron chi connectivity index (χ2n) is 9.73. The lowest BCUT2D eigenvalue weighted by Gasteiger charge is -2.49. The number of nitrogens with two attached hydrogens (primary N) is 1. The number of nitrogens with zero attached hydrogens (tertiary/aromatic N) is 7. The third-order valence-corrected chi connectivity index (χ3v) is 8.82. The van der Waals surface area contributed by atoms with Gasteiger partial charge in [-0.25, -0.2) is 14.3 Å². The molecule has 4 heterocycles. The molecule has 48 heavy (non-hydrogen) atoms. The minimum Gasteiger partial charge on any atom is -0.477 e. The van der Waals surface area contributed by atoms with Crippen molar-refractivity contribution < 1.29 is 52.6 Å². The number of carboxylic acid groups (broad SMARTS) is 1. The number of β-lactam (4-membered cyclic amide) rings is 1. The summed E-state index contributed by atoms with van der Waals surface area (Å²) in [7, 11) is 1.63. The zero-order chi connectivity index (χ0) is 34.7. The molecule has 0 spiro atoms. The second kappa shape index (κ2) is 13.9. The predicted octanol–water partition coefficient (Wildman–Crippen LogP) is -0.277. The fraction of sp³-hybridized carbons (Fsp3) is 0.269. The van der Waals surface area contributed by atoms with Gasteiger partial charge in [-0.15, -0.1) is 16.9 Å². The number of oxazole rings is 1. The van der Waals surface area contributed by atoms with Crippen molar-refractivity contribution in [3.63, 3.8) is 0 Å². The molecule has 1 fully saturated rings. The van der Waals surface area contributed by atoms with Gasteiger partial charge in [-0.1, -0.05) is 16.9 Å². The normalized spacial score (nSPS) is 17.3. The van der Waals surface area contributed by atoms with Crippen molar-refractivity contribution in [3.8, 4) is 11.5 Å². The summed E-state index contributed by atoms with van der Waals surface area (Å²) < 4.78 is 16.4. The number of carbonyl (C=O) groups excluding carboxylic acids is 5. The summed E-state index contributed by atoms with van der Waals surface area (Å²) in [5, 5.41) is 26.8. The number of hydrogen-bond acceptors (Lipinski definition) is 18. The lowest BCUT2D eigenvalue weighted by atomic mass is 10.0. The average molecular weight is 702 g/mol. The van der Waals surface area contributed by atoms with Gasteiger partial charge in [0.15, 0.2) is 17.2 Å². The number of fused-ring (bicyclic) bond motifs is 1. The molecule has 0 unspecified atom stereocenters. The summed E-state index contributed by atoms with van der Waals surface area (Å²) in [4.78, 5) is 84.5. The summed E-state index contributed by atoms with van der Waals surface area (Å²) in [5.41, 5.74) is 4.71. The van der Waals surface area contributed by atoms with Crippen molar-refractivity contribution in [1.29, 1.82) is 0 Å². The fourth-order valence-electron chi connectivity index (χ4n) is 4.35. The van der Waals surface area contributed by atoms with Crippen LogP contribution in [0.25, 0.3) is 0 Å². The number of rotatable bonds is 11. The van der Waals surface area contributed by atoms with E-state index in [9.17, 15) is 33.9 Å². The van der Waals surface area contributed by atoms with Gasteiger partial charge in [0.05, 0.1) is 5.56 Å². The highest BCUT2D eigenvalue weighted by molar-refractivity contribution is 8.01. The van der Waals surface area contributed by atoms with Gasteiger partial charge in [0.1, 0.15) is 29.1 Å². The van der Waals surface area contributed by atoms with Crippen molar-refractivity contribution in [2.45, 2.75) is 30.4 Å². The summed E-state index contributed by atoms with van der Waals surface area (Å²) in [6.07, 6.45) is 0.959. The van der Waals surface area contributed by atoms with Gasteiger partial charge in [0, 0.05) is 32.4 Å². The number of anilines is 1. The number of aryl methyl sites for hydroxylation is 1. The molecule has 0 radical (unpaired) electrons. The van der Waals surface area contributed by atoms with Crippen LogP contribution in [0, 0.1) is 0 Å². The van der Waals surface area contributed by atoms with Crippen molar-refractivity contribution in [3.05, 3.63) is 47.0 Å². The molecular formula is C26H23N9O11S2. The Morgan fingerprint density at radius 2 is 1.92 bits per heavy atom. The predicted molar refractivity (Wildman–Crippen MR) is 161 cm³/mol. The van der Waals surface area contributed by atoms with E-state index in [0.29, 0.717) is 10.7 Å². The first kappa shape index (κ1) is 33.6. The summed E-state index contributed by atoms with van der Waals surface area (Å²) in [6.45, 7) is 2.22. The van der Waals surface area contributed by atoms with Gasteiger partial charge < -0.3 is 34.9 Å². The standard InChI is InChI=1S/C26H23N9O11S2/c1-10(36)44-15-5-4-12(6-16(15)45-11(2)37)24(42)46-31-17(14-7-43-25(27)28-14)20(38)29-18-21(39)35-19(23(40)41)13(8-47-22(18)35)9-48-26-30-32-33-34(26)3/h4-7,18,22H,8-9H2,1-3H3,(H2,27,28)(H,29,38)(H,40,41)/b31-17-/t18-,22+/m1/s1. The van der Waals surface area contributed by atoms with Gasteiger partial charge >= 0.3 is 23.9 Å². The number of nitrogens with one attached hydrogen (secondary N) is 1. The molecule has 3 aromatic rings. The number of aliphatic carboxylic acids is 1. The highest BCUT2D eigenvalue weighted by atomic mass is 32.2. The van der Waals surface area contributed by atoms with Crippen LogP contribution in [0.15, 0.2) is 50.5 Å². The first-order valence-corrected chi connectivity index (χ1v) is 15.4. The summed E-state index contributed by atoms with van der Waals surface area (Å²) >= 11 is 2.42. The van der Waals surface area contributed by atoms with E-state index in [2.05, 4.69) is 31.0 Å². The molecule has 1 saturated heterocycles. The van der Waals surface area contributed by atoms with Crippen molar-refractivity contribution in [1.82, 2.24) is 35.4 Å². The van der Waals surface area contributed by atoms with Crippen LogP contribution in [0.1, 0.15) is 29.9 Å². The van der Waals surface area contributed by atoms with Gasteiger partial charge in [0.2, 0.25) is 5.16 Å². The van der Waals surface area contributed by atoms with Crippen molar-refractivity contribution >= 4 is 70.9 Å². The molecule has 2 aliphatic rings. The molecular weight excluding hydrogens is 678 g/mol. The van der Waals surface area contributed by atoms with E-state index in [4.69, 9.17) is 24.5 Å². The maximum absolute atomic E-state index is 13.4. The highest BCUT2D eigenvalue weighted by Crippen LogP contribution is 2.41. The number of hydrogen-bond donors (Lipinski definition) is 3. The highest BCUT2D eigenvalue weighted by Gasteiger charge is 2.54. The Kier molecular flexibility index (Phi) is 9.74. The third-order valence-electron chi connectivity index (χ3n) is 6.38. The molecule has 0 saturated carbocycles. The Labute approximate surface area is 277 Å². The van der Waals surface area contributed by atoms with E-state index < -0.39 is 52.8 Å². The van der Waals surface area contributed by atoms with E-state index in [-0.39, 0.29) is 46.0 Å². The topological polar surface area (TPSA) is 274 Å². The lowest BCUT2D eigenvalue weighted by Crippen LogP contribution is -2.71. The van der Waals surface area contributed by atoms with E-state index in [0.717, 1.165) is 31.1 Å². The summed E-state index contributed by atoms with van der Waals surface area (Å²) in [5.74, 6) is -5.66. The maximum Gasteiger partial charge on any atom is 0.365 e. The molecule has 2 aromatic heterocycles. The number of tetrazole rings is 1. The van der Waals surface area contributed by atoms with E-state index in [1.807, 2.05) is 0 Å². The molecule has 0 aliphatic carbocycles. The molecule has 250 valence electrons. The van der Waals surface area contributed by atoms with Crippen LogP contribution in [0.2, 0.25) is 0 Å². The molecule has 2 atom stereocenters. The van der Waals surface area contributed by atoms with E-state index in [1.165, 1.54) is 40.3 Å². The van der Waals surface area contributed by atoms with E-state index in [1.54, 1.807) is 7.05 Å². The van der Waals surface area contributed by atoms with Crippen LogP contribution in [0.5, 0.6) is 11.5 Å². The molecule has 2 amide bonds. The Hall–Kier alpha value is -5.77. The Morgan fingerprint density at radius 3 is 2.54 bits per heavy atom. The Morgan fingerprint density at radius 1 is 1.19 bits per heavy atom. The number of esters is 2. The first-order valence-electron chi connectivity index (χ1n) is 13.4. The van der Waals surface area contributed by atoms with Gasteiger partial charge in [-0.05, 0) is 34.2 Å². The monoisotopic (exact) mass is 701 g/mol. The summed E-state index contributed by atoms with van der Waals surface area (Å²) in [6, 6.07) is 1.88. The zero-order valence-corrected chi connectivity index (χ0v) is 26.6. The number of ether oxygens (including phenoxy) is 2. The number of amides is 2. The largest absolute Gasteiger partial charge is 0.477 e. The number of thioether (sulfide) groups is 2. The van der Waals surface area contributed by atoms with Gasteiger partial charge in [-0.2, -0.15) is 4.98 Å². The SMILES string of the molecule is CC(=O)Oc1ccc(C(=O)O/N=C(\C(=O)N[C@@H]2C(=O)N3C(C(=O)O)=C(CSc4nnnn4C)CS[C@@H]23)c2coc(N)n2)cc1OC(C)=O. The fourth-order valence-corrected chi connectivity index (χ4v) is 6.68.